The van der Waals surface area contributed by atoms with E-state index in [0.29, 0.717) is 23.4 Å². The van der Waals surface area contributed by atoms with Gasteiger partial charge >= 0.3 is 15.5 Å². The van der Waals surface area contributed by atoms with E-state index in [1.165, 1.54) is 16.7 Å². The largest absolute Gasteiger partial charge is 0.511 e. The summed E-state index contributed by atoms with van der Waals surface area (Å²) in [6.45, 7) is 6.92. The van der Waals surface area contributed by atoms with Gasteiger partial charge in [0.15, 0.2) is 5.96 Å². The Morgan fingerprint density at radius 2 is 1.76 bits per heavy atom. The molecule has 0 radical (unpaired) electrons. The molecule has 164 valence electrons. The summed E-state index contributed by atoms with van der Waals surface area (Å²) in [6.07, 6.45) is 1.36. The molecule has 2 rings (SSSR count). The van der Waals surface area contributed by atoms with E-state index in [1.54, 1.807) is 0 Å². The summed E-state index contributed by atoms with van der Waals surface area (Å²) in [7, 11) is -5.25. The minimum Gasteiger partial charge on any atom is -0.357 e. The first-order chi connectivity index (χ1) is 13.5. The van der Waals surface area contributed by atoms with Crippen molar-refractivity contribution < 1.29 is 21.6 Å². The number of guanidine groups is 1. The van der Waals surface area contributed by atoms with Gasteiger partial charge in [0.05, 0.1) is 0 Å². The molecule has 0 bridgehead atoms. The lowest BCUT2D eigenvalue weighted by molar-refractivity contribution is -0.0494. The number of hydrogen-bond donors (Lipinski definition) is 2. The molecule has 1 fully saturated rings. The second-order valence-electron chi connectivity index (χ2n) is 7.28. The number of benzene rings is 1. The average Bonchev–Trinajstić information content (AvgIpc) is 2.60. The molecule has 6 nitrogen and oxygen atoms in total. The van der Waals surface area contributed by atoms with Gasteiger partial charge in [-0.05, 0) is 45.6 Å². The summed E-state index contributed by atoms with van der Waals surface area (Å²) >= 11 is 0. The van der Waals surface area contributed by atoms with Gasteiger partial charge in [-0.25, -0.2) is 8.42 Å². The fraction of sp³-hybridized carbons (Fsp3) is 0.632. The van der Waals surface area contributed by atoms with Crippen LogP contribution in [0.25, 0.3) is 0 Å². The number of aryl methyl sites for hydroxylation is 2. The molecule has 1 aliphatic heterocycles. The second kappa shape index (κ2) is 9.80. The molecule has 0 saturated carbocycles. The number of sulfonamides is 1. The van der Waals surface area contributed by atoms with E-state index in [-0.39, 0.29) is 32.0 Å². The summed E-state index contributed by atoms with van der Waals surface area (Å²) in [5.41, 5.74) is -1.64. The molecule has 0 unspecified atom stereocenters. The van der Waals surface area contributed by atoms with Crippen molar-refractivity contribution in [2.75, 3.05) is 26.2 Å². The van der Waals surface area contributed by atoms with Crippen molar-refractivity contribution in [3.63, 3.8) is 0 Å². The van der Waals surface area contributed by atoms with Crippen molar-refractivity contribution in [1.82, 2.24) is 14.9 Å². The summed E-state index contributed by atoms with van der Waals surface area (Å²) in [6, 6.07) is 6.23. The van der Waals surface area contributed by atoms with E-state index in [1.807, 2.05) is 6.92 Å². The highest BCUT2D eigenvalue weighted by molar-refractivity contribution is 7.90. The van der Waals surface area contributed by atoms with E-state index in [2.05, 4.69) is 47.7 Å². The van der Waals surface area contributed by atoms with Gasteiger partial charge in [-0.1, -0.05) is 29.3 Å². The summed E-state index contributed by atoms with van der Waals surface area (Å²) in [5, 5.41) is 6.34. The maximum Gasteiger partial charge on any atom is 0.511 e. The minimum absolute atomic E-state index is 0.131. The van der Waals surface area contributed by atoms with Gasteiger partial charge in [-0.3, -0.25) is 4.99 Å². The SMILES string of the molecule is CCNC(=NCCc1cc(C)cc(C)c1)NC1CCN(S(=O)(=O)C(F)(F)F)CC1. The molecule has 0 aromatic heterocycles. The van der Waals surface area contributed by atoms with Crippen LogP contribution in [-0.4, -0.2) is 56.4 Å². The smallest absolute Gasteiger partial charge is 0.357 e. The van der Waals surface area contributed by atoms with E-state index in [9.17, 15) is 21.6 Å². The lowest BCUT2D eigenvalue weighted by Crippen LogP contribution is -2.51. The summed E-state index contributed by atoms with van der Waals surface area (Å²) in [5.74, 6) is 0.592. The van der Waals surface area contributed by atoms with Crippen LogP contribution in [0.3, 0.4) is 0 Å². The van der Waals surface area contributed by atoms with Crippen molar-refractivity contribution in [2.45, 2.75) is 51.6 Å². The number of nitrogens with one attached hydrogen (secondary N) is 2. The summed E-state index contributed by atoms with van der Waals surface area (Å²) in [4.78, 5) is 4.55. The van der Waals surface area contributed by atoms with Gasteiger partial charge in [-0.15, -0.1) is 0 Å². The summed E-state index contributed by atoms with van der Waals surface area (Å²) < 4.78 is 61.6. The molecule has 2 N–H and O–H groups in total. The van der Waals surface area contributed by atoms with Crippen molar-refractivity contribution in [1.29, 1.82) is 0 Å². The first-order valence-electron chi connectivity index (χ1n) is 9.71. The van der Waals surface area contributed by atoms with E-state index in [0.717, 1.165) is 6.42 Å². The fourth-order valence-electron chi connectivity index (χ4n) is 3.41. The van der Waals surface area contributed by atoms with Crippen molar-refractivity contribution in [2.24, 2.45) is 4.99 Å². The molecule has 29 heavy (non-hydrogen) atoms. The van der Waals surface area contributed by atoms with Crippen LogP contribution in [0, 0.1) is 13.8 Å². The fourth-order valence-corrected chi connectivity index (χ4v) is 4.39. The quantitative estimate of drug-likeness (QED) is 0.533. The topological polar surface area (TPSA) is 73.8 Å². The third-order valence-corrected chi connectivity index (χ3v) is 6.35. The van der Waals surface area contributed by atoms with Gasteiger partial charge in [0, 0.05) is 32.2 Å². The average molecular weight is 435 g/mol. The van der Waals surface area contributed by atoms with E-state index < -0.39 is 15.5 Å². The van der Waals surface area contributed by atoms with Gasteiger partial charge in [0.25, 0.3) is 0 Å². The molecule has 10 heteroatoms. The Bertz CT molecular complexity index is 797. The Labute approximate surface area is 170 Å². The van der Waals surface area contributed by atoms with Crippen LogP contribution < -0.4 is 10.6 Å². The van der Waals surface area contributed by atoms with Crippen molar-refractivity contribution in [3.05, 3.63) is 34.9 Å². The van der Waals surface area contributed by atoms with E-state index >= 15 is 0 Å². The standard InChI is InChI=1S/C19H29F3N4O2S/c1-4-23-18(24-8-5-16-12-14(2)11-15(3)13-16)25-17-6-9-26(10-7-17)29(27,28)19(20,21)22/h11-13,17H,4-10H2,1-3H3,(H2,23,24,25). The van der Waals surface area contributed by atoms with Crippen molar-refractivity contribution >= 4 is 16.0 Å². The van der Waals surface area contributed by atoms with Gasteiger partial charge in [-0.2, -0.15) is 17.5 Å². The molecule has 1 saturated heterocycles. The van der Waals surface area contributed by atoms with Crippen LogP contribution in [0.4, 0.5) is 13.2 Å². The second-order valence-corrected chi connectivity index (χ2v) is 9.20. The Morgan fingerprint density at radius 1 is 1.17 bits per heavy atom. The lowest BCUT2D eigenvalue weighted by atomic mass is 10.1. The lowest BCUT2D eigenvalue weighted by Gasteiger charge is -2.32. The molecule has 0 aliphatic carbocycles. The van der Waals surface area contributed by atoms with Gasteiger partial charge in [0.1, 0.15) is 0 Å². The molecule has 0 amide bonds. The normalized spacial score (nSPS) is 17.4. The number of rotatable bonds is 6. The zero-order valence-corrected chi connectivity index (χ0v) is 17.8. The molecule has 0 atom stereocenters. The monoisotopic (exact) mass is 434 g/mol. The van der Waals surface area contributed by atoms with Crippen LogP contribution in [0.15, 0.2) is 23.2 Å². The first-order valence-corrected chi connectivity index (χ1v) is 11.2. The molecular formula is C19H29F3N4O2S. The van der Waals surface area contributed by atoms with Crippen LogP contribution in [-0.2, 0) is 16.4 Å². The maximum atomic E-state index is 12.7. The van der Waals surface area contributed by atoms with Crippen molar-refractivity contribution in [3.8, 4) is 0 Å². The Balaban J connectivity index is 1.91. The predicted octanol–water partition coefficient (Wildman–Crippen LogP) is 2.72. The maximum absolute atomic E-state index is 12.7. The number of alkyl halides is 3. The van der Waals surface area contributed by atoms with Crippen LogP contribution in [0.2, 0.25) is 0 Å². The Hall–Kier alpha value is -1.81. The Kier molecular flexibility index (Phi) is 7.93. The number of halogens is 3. The predicted molar refractivity (Wildman–Crippen MR) is 108 cm³/mol. The van der Waals surface area contributed by atoms with Crippen LogP contribution in [0.5, 0.6) is 0 Å². The number of nitrogens with zero attached hydrogens (tertiary/aromatic N) is 2. The number of hydrogen-bond acceptors (Lipinski definition) is 3. The van der Waals surface area contributed by atoms with E-state index in [4.69, 9.17) is 0 Å². The zero-order valence-electron chi connectivity index (χ0n) is 17.0. The number of piperidine rings is 1. The highest BCUT2D eigenvalue weighted by atomic mass is 32.2. The molecule has 0 spiro atoms. The third kappa shape index (κ3) is 6.60. The van der Waals surface area contributed by atoms with Crippen LogP contribution in [0.1, 0.15) is 36.5 Å². The van der Waals surface area contributed by atoms with Crippen LogP contribution >= 0.6 is 0 Å². The molecule has 1 aromatic rings. The molecule has 1 heterocycles. The minimum atomic E-state index is -5.25. The first kappa shape index (κ1) is 23.5. The Morgan fingerprint density at radius 3 is 2.28 bits per heavy atom. The molecule has 1 aliphatic rings. The number of aliphatic imine (C=N–C) groups is 1. The molecule has 1 aromatic carbocycles. The zero-order chi connectivity index (χ0) is 21.7. The molecular weight excluding hydrogens is 405 g/mol. The third-order valence-electron chi connectivity index (χ3n) is 4.72. The highest BCUT2D eigenvalue weighted by Crippen LogP contribution is 2.28. The van der Waals surface area contributed by atoms with Gasteiger partial charge in [0.2, 0.25) is 0 Å². The van der Waals surface area contributed by atoms with Gasteiger partial charge < -0.3 is 10.6 Å². The highest BCUT2D eigenvalue weighted by Gasteiger charge is 2.50.